The molecule has 4 nitrogen and oxygen atoms in total. The second kappa shape index (κ2) is 5.83. The number of para-hydroxylation sites is 1. The second-order valence-corrected chi connectivity index (χ2v) is 5.78. The molecule has 1 aromatic carbocycles. The van der Waals surface area contributed by atoms with Gasteiger partial charge in [-0.3, -0.25) is 4.79 Å². The zero-order valence-corrected chi connectivity index (χ0v) is 11.5. The van der Waals surface area contributed by atoms with E-state index in [0.717, 1.165) is 37.9 Å². The Bertz CT molecular complexity index is 458. The molecule has 4 heteroatoms. The molecule has 108 valence electrons. The van der Waals surface area contributed by atoms with Crippen LogP contribution in [-0.4, -0.2) is 29.3 Å². The molecule has 0 aromatic heterocycles. The molecular formula is C16H21NO3. The first kappa shape index (κ1) is 13.4. The molecule has 2 aliphatic rings. The summed E-state index contributed by atoms with van der Waals surface area (Å²) in [7, 11) is 0. The number of benzene rings is 1. The maximum Gasteiger partial charge on any atom is 0.223 e. The highest BCUT2D eigenvalue weighted by Gasteiger charge is 2.37. The maximum atomic E-state index is 11.8. The number of aliphatic hydroxyl groups is 1. The lowest BCUT2D eigenvalue weighted by Gasteiger charge is -2.35. The number of rotatable bonds is 4. The molecule has 0 aliphatic heterocycles. The van der Waals surface area contributed by atoms with Crippen LogP contribution in [0.5, 0.6) is 5.75 Å². The van der Waals surface area contributed by atoms with Gasteiger partial charge < -0.3 is 15.2 Å². The van der Waals surface area contributed by atoms with E-state index in [2.05, 4.69) is 5.32 Å². The van der Waals surface area contributed by atoms with Crippen LogP contribution in [0.3, 0.4) is 0 Å². The number of hydrogen-bond donors (Lipinski definition) is 2. The van der Waals surface area contributed by atoms with Crippen molar-refractivity contribution in [1.82, 2.24) is 5.32 Å². The minimum Gasteiger partial charge on any atom is -0.488 e. The van der Waals surface area contributed by atoms with Gasteiger partial charge in [-0.15, -0.1) is 0 Å². The molecular weight excluding hydrogens is 254 g/mol. The van der Waals surface area contributed by atoms with E-state index in [1.807, 2.05) is 30.3 Å². The molecule has 3 rings (SSSR count). The van der Waals surface area contributed by atoms with Gasteiger partial charge in [0.2, 0.25) is 5.91 Å². The fourth-order valence-electron chi connectivity index (χ4n) is 2.75. The molecule has 2 aliphatic carbocycles. The monoisotopic (exact) mass is 275 g/mol. The molecule has 0 spiro atoms. The molecule has 0 saturated heterocycles. The third-order valence-electron chi connectivity index (χ3n) is 4.10. The molecule has 0 unspecified atom stereocenters. The normalized spacial score (nSPS) is 29.8. The molecule has 1 aromatic rings. The highest BCUT2D eigenvalue weighted by Crippen LogP contribution is 2.30. The van der Waals surface area contributed by atoms with Gasteiger partial charge in [-0.25, -0.2) is 0 Å². The Hall–Kier alpha value is -1.55. The van der Waals surface area contributed by atoms with E-state index in [1.165, 1.54) is 0 Å². The van der Waals surface area contributed by atoms with E-state index in [9.17, 15) is 9.90 Å². The summed E-state index contributed by atoms with van der Waals surface area (Å²) in [6, 6.07) is 9.36. The molecule has 3 atom stereocenters. The molecule has 20 heavy (non-hydrogen) atoms. The first-order chi connectivity index (χ1) is 9.74. The first-order valence-corrected chi connectivity index (χ1v) is 7.44. The van der Waals surface area contributed by atoms with E-state index in [-0.39, 0.29) is 24.0 Å². The number of amides is 1. The van der Waals surface area contributed by atoms with Crippen LogP contribution in [0.15, 0.2) is 30.3 Å². The lowest BCUT2D eigenvalue weighted by molar-refractivity contribution is -0.125. The summed E-state index contributed by atoms with van der Waals surface area (Å²) < 4.78 is 5.85. The minimum absolute atomic E-state index is 0.0920. The van der Waals surface area contributed by atoms with Gasteiger partial charge in [0, 0.05) is 5.92 Å². The first-order valence-electron chi connectivity index (χ1n) is 7.44. The molecule has 0 radical (unpaired) electrons. The molecule has 1 amide bonds. The SMILES string of the molecule is O=C(N[C@@H]1CCC[C@@H](Oc2ccccc2)[C@@H]1O)C1CC1. The van der Waals surface area contributed by atoms with Gasteiger partial charge in [0.25, 0.3) is 0 Å². The summed E-state index contributed by atoms with van der Waals surface area (Å²) >= 11 is 0. The smallest absolute Gasteiger partial charge is 0.223 e. The van der Waals surface area contributed by atoms with Crippen LogP contribution in [0.25, 0.3) is 0 Å². The molecule has 2 saturated carbocycles. The van der Waals surface area contributed by atoms with Crippen molar-refractivity contribution >= 4 is 5.91 Å². The lowest BCUT2D eigenvalue weighted by Crippen LogP contribution is -2.53. The number of carbonyl (C=O) groups is 1. The summed E-state index contributed by atoms with van der Waals surface area (Å²) in [5, 5.41) is 13.4. The molecule has 0 heterocycles. The standard InChI is InChI=1S/C16H21NO3/c18-15-13(17-16(19)11-9-10-11)7-4-8-14(15)20-12-5-2-1-3-6-12/h1-3,5-6,11,13-15,18H,4,7-10H2,(H,17,19)/t13-,14-,15-/m1/s1. The summed E-state index contributed by atoms with van der Waals surface area (Å²) in [5.41, 5.74) is 0. The Morgan fingerprint density at radius 2 is 1.90 bits per heavy atom. The summed E-state index contributed by atoms with van der Waals surface area (Å²) in [4.78, 5) is 11.8. The van der Waals surface area contributed by atoms with Crippen LogP contribution in [0.4, 0.5) is 0 Å². The second-order valence-electron chi connectivity index (χ2n) is 5.78. The third kappa shape index (κ3) is 3.12. The van der Waals surface area contributed by atoms with Crippen molar-refractivity contribution in [3.63, 3.8) is 0 Å². The fraction of sp³-hybridized carbons (Fsp3) is 0.562. The van der Waals surface area contributed by atoms with Crippen LogP contribution in [-0.2, 0) is 4.79 Å². The Morgan fingerprint density at radius 3 is 2.60 bits per heavy atom. The zero-order chi connectivity index (χ0) is 13.9. The van der Waals surface area contributed by atoms with E-state index in [1.54, 1.807) is 0 Å². The predicted molar refractivity (Wildman–Crippen MR) is 75.4 cm³/mol. The van der Waals surface area contributed by atoms with Crippen molar-refractivity contribution in [1.29, 1.82) is 0 Å². The number of nitrogens with one attached hydrogen (secondary N) is 1. The van der Waals surface area contributed by atoms with Gasteiger partial charge in [-0.2, -0.15) is 0 Å². The zero-order valence-electron chi connectivity index (χ0n) is 11.5. The van der Waals surface area contributed by atoms with Crippen LogP contribution < -0.4 is 10.1 Å². The lowest BCUT2D eigenvalue weighted by atomic mass is 9.89. The van der Waals surface area contributed by atoms with E-state index < -0.39 is 6.10 Å². The maximum absolute atomic E-state index is 11.8. The van der Waals surface area contributed by atoms with Gasteiger partial charge in [0.1, 0.15) is 18.0 Å². The molecule has 2 N–H and O–H groups in total. The minimum atomic E-state index is -0.633. The molecule has 0 bridgehead atoms. The number of aliphatic hydroxyl groups excluding tert-OH is 1. The molecule has 2 fully saturated rings. The Balaban J connectivity index is 1.59. The van der Waals surface area contributed by atoms with Gasteiger partial charge in [-0.05, 0) is 44.2 Å². The van der Waals surface area contributed by atoms with E-state index in [4.69, 9.17) is 4.74 Å². The quantitative estimate of drug-likeness (QED) is 0.882. The number of ether oxygens (including phenoxy) is 1. The average Bonchev–Trinajstić information content (AvgIpc) is 3.29. The summed E-state index contributed by atoms with van der Waals surface area (Å²) in [6.07, 6.45) is 3.71. The Kier molecular flexibility index (Phi) is 3.92. The van der Waals surface area contributed by atoms with Gasteiger partial charge in [0.05, 0.1) is 6.04 Å². The fourth-order valence-corrected chi connectivity index (χ4v) is 2.75. The van der Waals surface area contributed by atoms with Gasteiger partial charge >= 0.3 is 0 Å². The van der Waals surface area contributed by atoms with Gasteiger partial charge in [0.15, 0.2) is 0 Å². The number of carbonyl (C=O) groups excluding carboxylic acids is 1. The van der Waals surface area contributed by atoms with Crippen LogP contribution in [0, 0.1) is 5.92 Å². The van der Waals surface area contributed by atoms with Gasteiger partial charge in [-0.1, -0.05) is 18.2 Å². The Morgan fingerprint density at radius 1 is 1.15 bits per heavy atom. The van der Waals surface area contributed by atoms with Crippen molar-refractivity contribution in [3.05, 3.63) is 30.3 Å². The summed E-state index contributed by atoms with van der Waals surface area (Å²) in [6.45, 7) is 0. The number of hydrogen-bond acceptors (Lipinski definition) is 3. The van der Waals surface area contributed by atoms with Crippen molar-refractivity contribution in [2.75, 3.05) is 0 Å². The topological polar surface area (TPSA) is 58.6 Å². The Labute approximate surface area is 119 Å². The van der Waals surface area contributed by atoms with Crippen LogP contribution >= 0.6 is 0 Å². The van der Waals surface area contributed by atoms with Crippen molar-refractivity contribution in [3.8, 4) is 5.75 Å². The average molecular weight is 275 g/mol. The predicted octanol–water partition coefficient (Wildman–Crippen LogP) is 1.87. The van der Waals surface area contributed by atoms with Crippen LogP contribution in [0.1, 0.15) is 32.1 Å². The van der Waals surface area contributed by atoms with Crippen molar-refractivity contribution < 1.29 is 14.6 Å². The summed E-state index contributed by atoms with van der Waals surface area (Å²) in [5.74, 6) is 1.04. The largest absolute Gasteiger partial charge is 0.488 e. The third-order valence-corrected chi connectivity index (χ3v) is 4.10. The van der Waals surface area contributed by atoms with Crippen LogP contribution in [0.2, 0.25) is 0 Å². The van der Waals surface area contributed by atoms with E-state index >= 15 is 0 Å². The van der Waals surface area contributed by atoms with Crippen molar-refractivity contribution in [2.24, 2.45) is 5.92 Å². The highest BCUT2D eigenvalue weighted by atomic mass is 16.5. The van der Waals surface area contributed by atoms with Crippen molar-refractivity contribution in [2.45, 2.75) is 50.4 Å². The van der Waals surface area contributed by atoms with E-state index in [0.29, 0.717) is 0 Å². The highest BCUT2D eigenvalue weighted by molar-refractivity contribution is 5.81.